The van der Waals surface area contributed by atoms with E-state index in [0.717, 1.165) is 53.3 Å². The number of nitrogens with zero attached hydrogens (tertiary/aromatic N) is 4. The zero-order valence-electron chi connectivity index (χ0n) is 17.7. The van der Waals surface area contributed by atoms with Gasteiger partial charge in [-0.25, -0.2) is 4.98 Å². The van der Waals surface area contributed by atoms with Gasteiger partial charge in [-0.05, 0) is 24.3 Å². The molecule has 1 atom stereocenters. The summed E-state index contributed by atoms with van der Waals surface area (Å²) in [6.07, 6.45) is 0. The Bertz CT molecular complexity index is 1120. The number of ketones is 1. The average Bonchev–Trinajstić information content (AvgIpc) is 3.30. The van der Waals surface area contributed by atoms with Crippen LogP contribution in [0.25, 0.3) is 11.3 Å². The molecule has 1 aliphatic rings. The van der Waals surface area contributed by atoms with Crippen molar-refractivity contribution in [2.45, 2.75) is 5.92 Å². The number of halogens is 1. The van der Waals surface area contributed by atoms with Gasteiger partial charge < -0.3 is 9.64 Å². The molecule has 0 amide bonds. The van der Waals surface area contributed by atoms with Crippen molar-refractivity contribution in [1.29, 1.82) is 5.26 Å². The summed E-state index contributed by atoms with van der Waals surface area (Å²) < 4.78 is 6.46. The number of hydrogen-bond acceptors (Lipinski definition) is 7. The van der Waals surface area contributed by atoms with E-state index in [1.165, 1.54) is 11.3 Å². The topological polar surface area (TPSA) is 69.5 Å². The highest BCUT2D eigenvalue weighted by Gasteiger charge is 2.27. The highest BCUT2D eigenvalue weighted by atomic mass is 79.9. The summed E-state index contributed by atoms with van der Waals surface area (Å²) in [7, 11) is 1.68. The monoisotopic (exact) mass is 510 g/mol. The first-order valence-electron chi connectivity index (χ1n) is 10.3. The van der Waals surface area contributed by atoms with Gasteiger partial charge in [0, 0.05) is 41.6 Å². The molecule has 1 fully saturated rings. The molecule has 0 radical (unpaired) electrons. The van der Waals surface area contributed by atoms with E-state index in [0.29, 0.717) is 5.01 Å². The number of methoxy groups -OCH3 is 1. The third-order valence-corrected chi connectivity index (χ3v) is 6.98. The minimum Gasteiger partial charge on any atom is -0.495 e. The summed E-state index contributed by atoms with van der Waals surface area (Å²) in [6.45, 7) is 3.37. The van der Waals surface area contributed by atoms with Gasteiger partial charge in [0.1, 0.15) is 10.8 Å². The second-order valence-electron chi connectivity index (χ2n) is 7.54. The maximum atomic E-state index is 12.9. The number of aromatic nitrogens is 1. The van der Waals surface area contributed by atoms with Crippen LogP contribution in [0.15, 0.2) is 58.4 Å². The number of ether oxygens (including phenoxy) is 1. The fourth-order valence-corrected chi connectivity index (χ4v) is 4.94. The quantitative estimate of drug-likeness (QED) is 0.463. The molecule has 2 heterocycles. The van der Waals surface area contributed by atoms with Crippen LogP contribution in [0, 0.1) is 11.3 Å². The average molecular weight is 511 g/mol. The lowest BCUT2D eigenvalue weighted by Gasteiger charge is -2.36. The molecule has 0 N–H and O–H groups in total. The molecule has 3 aromatic rings. The fourth-order valence-electron chi connectivity index (χ4n) is 3.79. The van der Waals surface area contributed by atoms with E-state index >= 15 is 0 Å². The van der Waals surface area contributed by atoms with E-state index in [1.54, 1.807) is 7.11 Å². The Hall–Kier alpha value is -2.73. The number of para-hydroxylation sites is 2. The fraction of sp³-hybridized carbons (Fsp3) is 0.292. The van der Waals surface area contributed by atoms with E-state index in [9.17, 15) is 10.1 Å². The standard InChI is InChI=1S/C24H23BrN4O2S/c1-31-23-5-3-2-4-21(23)29-12-10-28(11-13-29)15-22(30)19(14-26)24-27-20(16-32-24)17-6-8-18(25)9-7-17/h2-9,16,19H,10-13,15H2,1H3/t19-/m1/s1. The zero-order chi connectivity index (χ0) is 22.5. The van der Waals surface area contributed by atoms with Crippen LogP contribution in [0.5, 0.6) is 5.75 Å². The van der Waals surface area contributed by atoms with Crippen molar-refractivity contribution >= 4 is 38.7 Å². The molecule has 6 nitrogen and oxygen atoms in total. The van der Waals surface area contributed by atoms with E-state index < -0.39 is 5.92 Å². The number of piperazine rings is 1. The first-order chi connectivity index (χ1) is 15.6. The predicted octanol–water partition coefficient (Wildman–Crippen LogP) is 4.58. The molecular weight excluding hydrogens is 488 g/mol. The normalized spacial score (nSPS) is 15.2. The first kappa shape index (κ1) is 22.5. The Labute approximate surface area is 200 Å². The smallest absolute Gasteiger partial charge is 0.170 e. The lowest BCUT2D eigenvalue weighted by Crippen LogP contribution is -2.48. The van der Waals surface area contributed by atoms with Crippen molar-refractivity contribution in [3.8, 4) is 23.1 Å². The Morgan fingerprint density at radius 1 is 1.19 bits per heavy atom. The Balaban J connectivity index is 1.37. The van der Waals surface area contributed by atoms with Crippen LogP contribution in [0.4, 0.5) is 5.69 Å². The van der Waals surface area contributed by atoms with Gasteiger partial charge in [-0.15, -0.1) is 11.3 Å². The van der Waals surface area contributed by atoms with Crippen LogP contribution in [-0.2, 0) is 4.79 Å². The summed E-state index contributed by atoms with van der Waals surface area (Å²) >= 11 is 4.80. The summed E-state index contributed by atoms with van der Waals surface area (Å²) in [6, 6.07) is 18.0. The molecular formula is C24H23BrN4O2S. The second-order valence-corrected chi connectivity index (χ2v) is 9.35. The Kier molecular flexibility index (Phi) is 7.20. The van der Waals surface area contributed by atoms with Gasteiger partial charge in [0.25, 0.3) is 0 Å². The maximum absolute atomic E-state index is 12.9. The highest BCUT2D eigenvalue weighted by Crippen LogP contribution is 2.30. The molecule has 1 aromatic heterocycles. The molecule has 0 spiro atoms. The first-order valence-corrected chi connectivity index (χ1v) is 12.0. The molecule has 0 unspecified atom stereocenters. The largest absolute Gasteiger partial charge is 0.495 e. The van der Waals surface area contributed by atoms with Crippen molar-refractivity contribution in [2.75, 3.05) is 44.7 Å². The van der Waals surface area contributed by atoms with Gasteiger partial charge in [-0.3, -0.25) is 9.69 Å². The number of anilines is 1. The van der Waals surface area contributed by atoms with E-state index in [-0.39, 0.29) is 12.3 Å². The van der Waals surface area contributed by atoms with Crippen LogP contribution < -0.4 is 9.64 Å². The Morgan fingerprint density at radius 3 is 2.59 bits per heavy atom. The van der Waals surface area contributed by atoms with Gasteiger partial charge in [0.2, 0.25) is 0 Å². The minimum atomic E-state index is -0.837. The van der Waals surface area contributed by atoms with Gasteiger partial charge in [-0.1, -0.05) is 40.2 Å². The van der Waals surface area contributed by atoms with Crippen molar-refractivity contribution in [1.82, 2.24) is 9.88 Å². The number of hydrogen-bond donors (Lipinski definition) is 0. The molecule has 0 bridgehead atoms. The van der Waals surface area contributed by atoms with Gasteiger partial charge in [0.05, 0.1) is 31.1 Å². The molecule has 1 saturated heterocycles. The number of benzene rings is 2. The molecule has 0 saturated carbocycles. The van der Waals surface area contributed by atoms with Crippen LogP contribution in [0.2, 0.25) is 0 Å². The second kappa shape index (κ2) is 10.3. The van der Waals surface area contributed by atoms with Crippen LogP contribution >= 0.6 is 27.3 Å². The van der Waals surface area contributed by atoms with E-state index in [4.69, 9.17) is 4.74 Å². The molecule has 1 aliphatic heterocycles. The SMILES string of the molecule is COc1ccccc1N1CCN(CC(=O)[C@@H](C#N)c2nc(-c3ccc(Br)cc3)cs2)CC1. The third kappa shape index (κ3) is 5.01. The molecule has 32 heavy (non-hydrogen) atoms. The summed E-state index contributed by atoms with van der Waals surface area (Å²) in [4.78, 5) is 21.9. The lowest BCUT2D eigenvalue weighted by molar-refractivity contribution is -0.120. The van der Waals surface area contributed by atoms with Crippen LogP contribution in [0.1, 0.15) is 10.9 Å². The number of nitriles is 1. The number of thiazole rings is 1. The molecule has 4 rings (SSSR count). The van der Waals surface area contributed by atoms with Gasteiger partial charge in [0.15, 0.2) is 11.7 Å². The lowest BCUT2D eigenvalue weighted by atomic mass is 10.1. The van der Waals surface area contributed by atoms with E-state index in [2.05, 4.69) is 42.8 Å². The number of carbonyl (C=O) groups is 1. The van der Waals surface area contributed by atoms with Gasteiger partial charge in [-0.2, -0.15) is 5.26 Å². The van der Waals surface area contributed by atoms with Gasteiger partial charge >= 0.3 is 0 Å². The summed E-state index contributed by atoms with van der Waals surface area (Å²) in [5.41, 5.74) is 2.82. The maximum Gasteiger partial charge on any atom is 0.170 e. The number of Topliss-reactive ketones (excluding diaryl/α,β-unsaturated/α-hetero) is 1. The molecule has 8 heteroatoms. The Morgan fingerprint density at radius 2 is 1.91 bits per heavy atom. The van der Waals surface area contributed by atoms with Crippen LogP contribution in [0.3, 0.4) is 0 Å². The number of carbonyl (C=O) groups excluding carboxylic acids is 1. The molecule has 164 valence electrons. The molecule has 2 aromatic carbocycles. The summed E-state index contributed by atoms with van der Waals surface area (Å²) in [5.74, 6) is -0.0849. The van der Waals surface area contributed by atoms with Crippen LogP contribution in [-0.4, -0.2) is 55.5 Å². The predicted molar refractivity (Wildman–Crippen MR) is 130 cm³/mol. The minimum absolute atomic E-state index is 0.102. The third-order valence-electron chi connectivity index (χ3n) is 5.54. The van der Waals surface area contributed by atoms with Crippen molar-refractivity contribution in [3.63, 3.8) is 0 Å². The van der Waals surface area contributed by atoms with Crippen molar-refractivity contribution < 1.29 is 9.53 Å². The zero-order valence-corrected chi connectivity index (χ0v) is 20.1. The summed E-state index contributed by atoms with van der Waals surface area (Å²) in [5, 5.41) is 12.2. The van der Waals surface area contributed by atoms with Crippen molar-refractivity contribution in [3.05, 3.63) is 63.4 Å². The van der Waals surface area contributed by atoms with E-state index in [1.807, 2.05) is 47.8 Å². The van der Waals surface area contributed by atoms with Crippen molar-refractivity contribution in [2.24, 2.45) is 0 Å². The highest BCUT2D eigenvalue weighted by molar-refractivity contribution is 9.10. The number of rotatable bonds is 7. The molecule has 0 aliphatic carbocycles.